The molecule has 0 saturated heterocycles. The molecule has 198 valence electrons. The quantitative estimate of drug-likeness (QED) is 0.229. The summed E-state index contributed by atoms with van der Waals surface area (Å²) in [6, 6.07) is 29.6. The van der Waals surface area contributed by atoms with Crippen LogP contribution in [0, 0.1) is 6.92 Å². The first-order valence-electron chi connectivity index (χ1n) is 13.5. The second-order valence-corrected chi connectivity index (χ2v) is 16.4. The van der Waals surface area contributed by atoms with Crippen LogP contribution in [0.1, 0.15) is 5.69 Å². The van der Waals surface area contributed by atoms with Gasteiger partial charge in [0.05, 0.1) is 36.6 Å². The maximum absolute atomic E-state index is 10.6. The van der Waals surface area contributed by atoms with Crippen LogP contribution in [0.2, 0.25) is 19.6 Å². The fourth-order valence-electron chi connectivity index (χ4n) is 5.16. The van der Waals surface area contributed by atoms with E-state index < -0.39 is 8.07 Å². The van der Waals surface area contributed by atoms with Gasteiger partial charge in [-0.05, 0) is 65.2 Å². The second-order valence-electron chi connectivity index (χ2n) is 11.4. The lowest BCUT2D eigenvalue weighted by Gasteiger charge is -2.16. The third kappa shape index (κ3) is 4.71. The lowest BCUT2D eigenvalue weighted by atomic mass is 9.94. The van der Waals surface area contributed by atoms with Gasteiger partial charge in [-0.3, -0.25) is 9.97 Å². The molecule has 0 aliphatic rings. The minimum atomic E-state index is -1.45. The number of aryl methyl sites for hydroxylation is 2. The second kappa shape index (κ2) is 9.88. The molecule has 40 heavy (non-hydrogen) atoms. The molecule has 0 atom stereocenters. The molecular weight excluding hydrogens is 508 g/mol. The maximum atomic E-state index is 10.6. The van der Waals surface area contributed by atoms with Gasteiger partial charge in [-0.1, -0.05) is 68.2 Å². The van der Waals surface area contributed by atoms with E-state index in [1.54, 1.807) is 0 Å². The summed E-state index contributed by atoms with van der Waals surface area (Å²) in [6.45, 7) is 8.93. The molecular formula is C34H32N4OSi. The van der Waals surface area contributed by atoms with Crippen LogP contribution < -0.4 is 5.19 Å². The first-order valence-corrected chi connectivity index (χ1v) is 17.0. The van der Waals surface area contributed by atoms with E-state index in [0.29, 0.717) is 11.4 Å². The van der Waals surface area contributed by atoms with Crippen molar-refractivity contribution in [2.75, 3.05) is 0 Å². The number of imidazole rings is 1. The number of aromatic hydroxyl groups is 1. The van der Waals surface area contributed by atoms with Gasteiger partial charge in [-0.15, -0.1) is 0 Å². The normalized spacial score (nSPS) is 11.7. The number of hydrogen-bond donors (Lipinski definition) is 1. The van der Waals surface area contributed by atoms with Crippen molar-refractivity contribution in [3.63, 3.8) is 0 Å². The molecule has 6 aromatic rings. The number of fused-ring (bicyclic) bond motifs is 1. The highest BCUT2D eigenvalue weighted by Gasteiger charge is 2.19. The molecule has 3 aromatic heterocycles. The fraction of sp³-hybridized carbons (Fsp3) is 0.147. The number of para-hydroxylation sites is 1. The van der Waals surface area contributed by atoms with Gasteiger partial charge in [0.1, 0.15) is 11.6 Å². The Labute approximate surface area is 235 Å². The van der Waals surface area contributed by atoms with E-state index in [4.69, 9.17) is 9.97 Å². The lowest BCUT2D eigenvalue weighted by molar-refractivity contribution is 0.473. The van der Waals surface area contributed by atoms with Crippen LogP contribution in [0.5, 0.6) is 5.75 Å². The summed E-state index contributed by atoms with van der Waals surface area (Å²) in [4.78, 5) is 14.2. The van der Waals surface area contributed by atoms with Gasteiger partial charge in [0.2, 0.25) is 0 Å². The molecule has 0 aliphatic heterocycles. The smallest absolute Gasteiger partial charge is 0.144 e. The summed E-state index contributed by atoms with van der Waals surface area (Å²) in [7, 11) is 0.537. The number of aromatic nitrogens is 4. The van der Waals surface area contributed by atoms with Crippen LogP contribution in [-0.2, 0) is 7.05 Å². The zero-order valence-corrected chi connectivity index (χ0v) is 24.5. The number of rotatable bonds is 5. The van der Waals surface area contributed by atoms with E-state index in [-0.39, 0.29) is 5.75 Å². The van der Waals surface area contributed by atoms with Gasteiger partial charge in [0.15, 0.2) is 0 Å². The molecule has 0 saturated carbocycles. The Kier molecular flexibility index (Phi) is 6.35. The average Bonchev–Trinajstić information content (AvgIpc) is 3.30. The van der Waals surface area contributed by atoms with Crippen molar-refractivity contribution in [3.8, 4) is 50.6 Å². The van der Waals surface area contributed by atoms with E-state index in [1.807, 2.05) is 36.9 Å². The van der Waals surface area contributed by atoms with E-state index in [1.165, 1.54) is 11.4 Å². The fourth-order valence-corrected chi connectivity index (χ4v) is 6.19. The van der Waals surface area contributed by atoms with Crippen LogP contribution in [0.4, 0.5) is 0 Å². The summed E-state index contributed by atoms with van der Waals surface area (Å²) in [6.07, 6.45) is 3.53. The summed E-state index contributed by atoms with van der Waals surface area (Å²) in [5, 5.41) is 11.9. The highest BCUT2D eigenvalue weighted by molar-refractivity contribution is 6.88. The summed E-state index contributed by atoms with van der Waals surface area (Å²) in [5.41, 5.74) is 9.75. The standard InChI is InChI=1S/C34H32N4OSi/c1-22-16-29(32(39)21-35-22)34-37-33-28(12-9-13-31(33)38(34)2)25-17-24(23-10-7-6-8-11-23)18-26(19-25)30-15-14-27(20-36-30)40(3,4)5/h6-21,39H,1-5H3. The Balaban J connectivity index is 1.56. The summed E-state index contributed by atoms with van der Waals surface area (Å²) in [5.74, 6) is 0.820. The number of pyridine rings is 2. The Bertz CT molecular complexity index is 1850. The maximum Gasteiger partial charge on any atom is 0.144 e. The van der Waals surface area contributed by atoms with Gasteiger partial charge in [0, 0.05) is 30.1 Å². The third-order valence-electron chi connectivity index (χ3n) is 7.45. The van der Waals surface area contributed by atoms with Crippen LogP contribution >= 0.6 is 0 Å². The minimum Gasteiger partial charge on any atom is -0.506 e. The zero-order chi connectivity index (χ0) is 28.0. The minimum absolute atomic E-state index is 0.117. The van der Waals surface area contributed by atoms with Gasteiger partial charge in [-0.25, -0.2) is 4.98 Å². The zero-order valence-electron chi connectivity index (χ0n) is 23.5. The molecule has 0 spiro atoms. The van der Waals surface area contributed by atoms with Crippen molar-refractivity contribution in [1.29, 1.82) is 0 Å². The van der Waals surface area contributed by atoms with E-state index in [2.05, 4.69) is 97.4 Å². The molecule has 0 aliphatic carbocycles. The molecule has 0 fully saturated rings. The average molecular weight is 541 g/mol. The molecule has 3 aromatic carbocycles. The number of benzene rings is 3. The molecule has 0 radical (unpaired) electrons. The molecule has 0 unspecified atom stereocenters. The molecule has 3 heterocycles. The Morgan fingerprint density at radius 3 is 2.17 bits per heavy atom. The predicted molar refractivity (Wildman–Crippen MR) is 167 cm³/mol. The highest BCUT2D eigenvalue weighted by Crippen LogP contribution is 2.37. The van der Waals surface area contributed by atoms with Crippen molar-refractivity contribution in [3.05, 3.63) is 103 Å². The van der Waals surface area contributed by atoms with Crippen LogP contribution in [-0.4, -0.2) is 32.7 Å². The van der Waals surface area contributed by atoms with E-state index >= 15 is 0 Å². The van der Waals surface area contributed by atoms with Gasteiger partial charge >= 0.3 is 0 Å². The Hall–Kier alpha value is -4.55. The molecule has 6 heteroatoms. The first kappa shape index (κ1) is 25.7. The van der Waals surface area contributed by atoms with Crippen LogP contribution in [0.25, 0.3) is 55.9 Å². The van der Waals surface area contributed by atoms with Gasteiger partial charge in [-0.2, -0.15) is 0 Å². The summed E-state index contributed by atoms with van der Waals surface area (Å²) < 4.78 is 2.03. The summed E-state index contributed by atoms with van der Waals surface area (Å²) >= 11 is 0. The SMILES string of the molecule is Cc1cc(-c2nc3c(-c4cc(-c5ccccc5)cc(-c5ccc([Si](C)(C)C)cn5)c4)cccc3n2C)c(O)cn1. The van der Waals surface area contributed by atoms with E-state index in [0.717, 1.165) is 50.2 Å². The monoisotopic (exact) mass is 540 g/mol. The Morgan fingerprint density at radius 1 is 0.700 bits per heavy atom. The van der Waals surface area contributed by atoms with Crippen LogP contribution in [0.3, 0.4) is 0 Å². The third-order valence-corrected chi connectivity index (χ3v) is 9.48. The predicted octanol–water partition coefficient (Wildman–Crippen LogP) is 7.59. The van der Waals surface area contributed by atoms with Crippen molar-refractivity contribution < 1.29 is 5.11 Å². The molecule has 5 nitrogen and oxygen atoms in total. The van der Waals surface area contributed by atoms with Crippen molar-refractivity contribution in [2.24, 2.45) is 7.05 Å². The number of nitrogens with zero attached hydrogens (tertiary/aromatic N) is 4. The topological polar surface area (TPSA) is 63.8 Å². The molecule has 0 amide bonds. The van der Waals surface area contributed by atoms with E-state index in [9.17, 15) is 5.11 Å². The van der Waals surface area contributed by atoms with Gasteiger partial charge in [0.25, 0.3) is 0 Å². The van der Waals surface area contributed by atoms with Crippen LogP contribution in [0.15, 0.2) is 97.3 Å². The number of hydrogen-bond acceptors (Lipinski definition) is 4. The molecule has 0 bridgehead atoms. The lowest BCUT2D eigenvalue weighted by Crippen LogP contribution is -2.37. The van der Waals surface area contributed by atoms with Crippen molar-refractivity contribution in [1.82, 2.24) is 19.5 Å². The Morgan fingerprint density at radius 2 is 1.45 bits per heavy atom. The first-order chi connectivity index (χ1) is 19.2. The van der Waals surface area contributed by atoms with Crippen molar-refractivity contribution in [2.45, 2.75) is 26.6 Å². The molecule has 6 rings (SSSR count). The van der Waals surface area contributed by atoms with Gasteiger partial charge < -0.3 is 9.67 Å². The van der Waals surface area contributed by atoms with Crippen molar-refractivity contribution >= 4 is 24.3 Å². The molecule has 1 N–H and O–H groups in total. The highest BCUT2D eigenvalue weighted by atomic mass is 28.3. The largest absolute Gasteiger partial charge is 0.506 e.